The summed E-state index contributed by atoms with van der Waals surface area (Å²) in [5.74, 6) is -0.277. The van der Waals surface area contributed by atoms with E-state index in [9.17, 15) is 13.9 Å². The maximum atomic E-state index is 14.8. The van der Waals surface area contributed by atoms with Gasteiger partial charge < -0.3 is 15.0 Å². The lowest BCUT2D eigenvalue weighted by Crippen LogP contribution is -2.48. The molecule has 5 rings (SSSR count). The summed E-state index contributed by atoms with van der Waals surface area (Å²) in [5, 5.41) is 21.6. The molecule has 0 radical (unpaired) electrons. The number of hydrogen-bond acceptors (Lipinski definition) is 6. The number of aromatic nitrogens is 5. The van der Waals surface area contributed by atoms with Crippen LogP contribution in [0.5, 0.6) is 5.75 Å². The number of hydrogen-bond donors (Lipinski definition) is 2. The molecule has 2 aromatic heterocycles. The van der Waals surface area contributed by atoms with Crippen molar-refractivity contribution in [3.63, 3.8) is 0 Å². The van der Waals surface area contributed by atoms with Crippen LogP contribution in [0.4, 0.5) is 8.78 Å². The van der Waals surface area contributed by atoms with Gasteiger partial charge >= 0.3 is 0 Å². The summed E-state index contributed by atoms with van der Waals surface area (Å²) in [5.41, 5.74) is 2.01. The average Bonchev–Trinajstić information content (AvgIpc) is 3.39. The summed E-state index contributed by atoms with van der Waals surface area (Å²) >= 11 is 0. The van der Waals surface area contributed by atoms with E-state index in [1.807, 2.05) is 0 Å². The smallest absolute Gasteiger partial charge is 0.185 e. The van der Waals surface area contributed by atoms with Crippen LogP contribution >= 0.6 is 0 Å². The third kappa shape index (κ3) is 3.15. The van der Waals surface area contributed by atoms with E-state index in [4.69, 9.17) is 0 Å². The normalized spacial score (nSPS) is 27.9. The first kappa shape index (κ1) is 18.8. The van der Waals surface area contributed by atoms with E-state index < -0.39 is 24.3 Å². The van der Waals surface area contributed by atoms with Gasteiger partial charge in [0.25, 0.3) is 0 Å². The Kier molecular flexibility index (Phi) is 4.54. The molecule has 0 saturated carbocycles. The molecule has 5 atom stereocenters. The molecule has 7 nitrogen and oxygen atoms in total. The van der Waals surface area contributed by atoms with Gasteiger partial charge in [-0.05, 0) is 30.5 Å². The van der Waals surface area contributed by atoms with Crippen molar-refractivity contribution in [2.24, 2.45) is 5.92 Å². The molecule has 2 saturated heterocycles. The van der Waals surface area contributed by atoms with Gasteiger partial charge in [-0.1, -0.05) is 6.58 Å². The van der Waals surface area contributed by atoms with Crippen LogP contribution in [0.25, 0.3) is 22.6 Å². The van der Waals surface area contributed by atoms with Crippen LogP contribution in [0.15, 0.2) is 49.7 Å². The van der Waals surface area contributed by atoms with Crippen LogP contribution in [-0.4, -0.2) is 54.3 Å². The topological polar surface area (TPSA) is 88.8 Å². The minimum Gasteiger partial charge on any atom is -0.507 e. The second kappa shape index (κ2) is 7.24. The maximum Gasteiger partial charge on any atom is 0.185 e. The van der Waals surface area contributed by atoms with Crippen molar-refractivity contribution >= 4 is 5.57 Å². The van der Waals surface area contributed by atoms with Gasteiger partial charge in [0.2, 0.25) is 0 Å². The number of phenolic OH excluding ortho intramolecular Hbond substituents is 1. The number of alkyl halides is 2. The van der Waals surface area contributed by atoms with Crippen molar-refractivity contribution in [3.8, 4) is 22.8 Å². The van der Waals surface area contributed by atoms with E-state index in [-0.39, 0.29) is 24.0 Å². The van der Waals surface area contributed by atoms with E-state index in [0.29, 0.717) is 23.3 Å². The molecule has 0 unspecified atom stereocenters. The van der Waals surface area contributed by atoms with Crippen LogP contribution in [0.1, 0.15) is 18.5 Å². The first-order chi connectivity index (χ1) is 14.5. The van der Waals surface area contributed by atoms with Crippen molar-refractivity contribution in [3.05, 3.63) is 55.4 Å². The minimum absolute atomic E-state index is 0.00214. The predicted octanol–water partition coefficient (Wildman–Crippen LogP) is 2.87. The first-order valence-electron chi connectivity index (χ1n) is 9.76. The molecule has 2 fully saturated rings. The number of imidazole rings is 1. The molecule has 0 spiro atoms. The summed E-state index contributed by atoms with van der Waals surface area (Å²) in [6, 6.07) is 4.24. The summed E-state index contributed by atoms with van der Waals surface area (Å²) in [7, 11) is 0. The molecule has 2 aliphatic rings. The highest BCUT2D eigenvalue weighted by molar-refractivity contribution is 5.67. The number of aromatic hydroxyl groups is 1. The predicted molar refractivity (Wildman–Crippen MR) is 106 cm³/mol. The highest BCUT2D eigenvalue weighted by Gasteiger charge is 2.48. The minimum atomic E-state index is -1.23. The summed E-state index contributed by atoms with van der Waals surface area (Å²) in [6.07, 6.45) is 4.77. The largest absolute Gasteiger partial charge is 0.507 e. The Labute approximate surface area is 171 Å². The van der Waals surface area contributed by atoms with Gasteiger partial charge in [-0.2, -0.15) is 0 Å². The molecule has 2 aliphatic heterocycles. The van der Waals surface area contributed by atoms with Gasteiger partial charge in [0.15, 0.2) is 5.82 Å². The van der Waals surface area contributed by atoms with Crippen molar-refractivity contribution in [2.75, 3.05) is 0 Å². The van der Waals surface area contributed by atoms with Gasteiger partial charge in [-0.25, -0.2) is 18.7 Å². The van der Waals surface area contributed by atoms with E-state index in [1.165, 1.54) is 6.20 Å². The quantitative estimate of drug-likeness (QED) is 0.688. The molecule has 0 amide bonds. The van der Waals surface area contributed by atoms with Crippen LogP contribution in [0.3, 0.4) is 0 Å². The van der Waals surface area contributed by atoms with E-state index in [0.717, 1.165) is 5.69 Å². The fourth-order valence-corrected chi connectivity index (χ4v) is 4.33. The van der Waals surface area contributed by atoms with Crippen molar-refractivity contribution < 1.29 is 13.9 Å². The second-order valence-electron chi connectivity index (χ2n) is 7.78. The van der Waals surface area contributed by atoms with E-state index >= 15 is 0 Å². The van der Waals surface area contributed by atoms with Gasteiger partial charge in [0.1, 0.15) is 23.8 Å². The number of nitrogens with zero attached hydrogens (tertiary/aromatic N) is 5. The van der Waals surface area contributed by atoms with Crippen LogP contribution < -0.4 is 5.32 Å². The van der Waals surface area contributed by atoms with Crippen molar-refractivity contribution in [1.82, 2.24) is 30.0 Å². The fraction of sp³-hybridized carbons (Fsp3) is 0.333. The Morgan fingerprint density at radius 3 is 2.77 bits per heavy atom. The number of benzene rings is 1. The van der Waals surface area contributed by atoms with Gasteiger partial charge in [0.05, 0.1) is 23.8 Å². The van der Waals surface area contributed by atoms with E-state index in [1.54, 1.807) is 41.5 Å². The zero-order valence-electron chi connectivity index (χ0n) is 16.0. The molecule has 2 N–H and O–H groups in total. The Morgan fingerprint density at radius 2 is 2.07 bits per heavy atom. The molecule has 2 bridgehead atoms. The molecule has 4 heterocycles. The Morgan fingerprint density at radius 1 is 1.20 bits per heavy atom. The highest BCUT2D eigenvalue weighted by atomic mass is 19.1. The Balaban J connectivity index is 1.36. The van der Waals surface area contributed by atoms with Gasteiger partial charge in [-0.3, -0.25) is 0 Å². The van der Waals surface area contributed by atoms with Gasteiger partial charge in [0, 0.05) is 36.5 Å². The number of phenols is 1. The fourth-order valence-electron chi connectivity index (χ4n) is 4.33. The monoisotopic (exact) mass is 410 g/mol. The van der Waals surface area contributed by atoms with Gasteiger partial charge in [-0.15, -0.1) is 10.2 Å². The maximum absolute atomic E-state index is 14.8. The van der Waals surface area contributed by atoms with E-state index in [2.05, 4.69) is 32.1 Å². The zero-order valence-corrected chi connectivity index (χ0v) is 16.0. The lowest BCUT2D eigenvalue weighted by atomic mass is 9.84. The molecule has 1 aromatic carbocycles. The highest BCUT2D eigenvalue weighted by Crippen LogP contribution is 2.40. The standard InChI is InChI=1S/C21H20F2N6O/c1-11(14-7-16-15(22)8-17(26-16)20(14)23)18-9-25-21(28-27-18)13-3-2-12(6-19(13)30)29-5-4-24-10-29/h2-6,9-10,14-17,20,26,30H,1,7-8H2/t14-,15-,16-,17-,20-/m0/s1. The summed E-state index contributed by atoms with van der Waals surface area (Å²) in [4.78, 5) is 8.27. The van der Waals surface area contributed by atoms with Crippen LogP contribution in [-0.2, 0) is 0 Å². The average molecular weight is 410 g/mol. The second-order valence-corrected chi connectivity index (χ2v) is 7.78. The van der Waals surface area contributed by atoms with Crippen LogP contribution in [0.2, 0.25) is 0 Å². The Bertz CT molecular complexity index is 1070. The molecule has 3 aromatic rings. The number of piperidine rings is 1. The zero-order chi connectivity index (χ0) is 20.8. The summed E-state index contributed by atoms with van der Waals surface area (Å²) < 4.78 is 30.5. The number of nitrogens with one attached hydrogen (secondary N) is 1. The molecule has 0 aliphatic carbocycles. The number of allylic oxidation sites excluding steroid dienone is 1. The van der Waals surface area contributed by atoms with Crippen molar-refractivity contribution in [2.45, 2.75) is 37.3 Å². The molecule has 154 valence electrons. The third-order valence-electron chi connectivity index (χ3n) is 5.98. The first-order valence-corrected chi connectivity index (χ1v) is 9.76. The number of fused-ring (bicyclic) bond motifs is 2. The lowest BCUT2D eigenvalue weighted by molar-refractivity contribution is 0.163. The lowest BCUT2D eigenvalue weighted by Gasteiger charge is -2.33. The SMILES string of the molecule is C=C(c1cnc(-c2ccc(-n3ccnc3)cc2O)nn1)[C@@H]1C[C@@H]2N[C@@H](C[C@@H]2F)[C@H]1F. The number of rotatable bonds is 4. The molecule has 30 heavy (non-hydrogen) atoms. The Hall–Kier alpha value is -3.20. The molecular formula is C21H20F2N6O. The van der Waals surface area contributed by atoms with Crippen LogP contribution in [0, 0.1) is 5.92 Å². The molecule has 9 heteroatoms. The third-order valence-corrected chi connectivity index (χ3v) is 5.98. The summed E-state index contributed by atoms with van der Waals surface area (Å²) in [6.45, 7) is 3.99. The van der Waals surface area contributed by atoms with Crippen molar-refractivity contribution in [1.29, 1.82) is 0 Å². The number of halogens is 2. The molecular weight excluding hydrogens is 390 g/mol.